The van der Waals surface area contributed by atoms with Crippen LogP contribution in [-0.4, -0.2) is 65.2 Å². The van der Waals surface area contributed by atoms with Crippen LogP contribution in [0.4, 0.5) is 14.9 Å². The second kappa shape index (κ2) is 9.74. The van der Waals surface area contributed by atoms with Crippen LogP contribution in [0.25, 0.3) is 10.9 Å². The van der Waals surface area contributed by atoms with E-state index in [9.17, 15) is 19.1 Å². The van der Waals surface area contributed by atoms with Crippen LogP contribution in [-0.2, 0) is 16.6 Å². The van der Waals surface area contributed by atoms with Gasteiger partial charge in [0.2, 0.25) is 5.91 Å². The number of nitrogens with zero attached hydrogens (tertiary/aromatic N) is 2. The number of benzene rings is 3. The monoisotopic (exact) mass is 528 g/mol. The molecule has 0 saturated carbocycles. The lowest BCUT2D eigenvalue weighted by Crippen LogP contribution is -2.68. The Morgan fingerprint density at radius 1 is 1.08 bits per heavy atom. The normalized spacial score (nSPS) is 17.6. The lowest BCUT2D eigenvalue weighted by Gasteiger charge is -2.56. The highest BCUT2D eigenvalue weighted by molar-refractivity contribution is 5.93. The van der Waals surface area contributed by atoms with E-state index in [1.54, 1.807) is 12.0 Å². The van der Waals surface area contributed by atoms with Crippen LogP contribution in [0.2, 0.25) is 0 Å². The fraction of sp³-hybridized carbons (Fsp3) is 0.267. The Morgan fingerprint density at radius 2 is 1.82 bits per heavy atom. The van der Waals surface area contributed by atoms with Crippen molar-refractivity contribution in [1.82, 2.24) is 14.8 Å². The van der Waals surface area contributed by atoms with E-state index in [-0.39, 0.29) is 12.5 Å². The largest absolute Gasteiger partial charge is 0.497 e. The number of hydrogen-bond donors (Lipinski definition) is 3. The highest BCUT2D eigenvalue weighted by atomic mass is 19.1. The van der Waals surface area contributed by atoms with Crippen LogP contribution in [0.5, 0.6) is 5.75 Å². The molecule has 0 radical (unpaired) electrons. The van der Waals surface area contributed by atoms with Gasteiger partial charge in [-0.05, 0) is 47.5 Å². The number of aliphatic hydroxyl groups is 1. The van der Waals surface area contributed by atoms with Gasteiger partial charge in [-0.2, -0.15) is 0 Å². The first kappa shape index (κ1) is 24.9. The Kier molecular flexibility index (Phi) is 6.23. The second-order valence-electron chi connectivity index (χ2n) is 10.3. The fourth-order valence-corrected chi connectivity index (χ4v) is 5.95. The molecule has 1 atom stereocenters. The van der Waals surface area contributed by atoms with Crippen molar-refractivity contribution in [3.8, 4) is 5.75 Å². The Hall–Kier alpha value is -4.37. The molecule has 1 fully saturated rings. The molecule has 3 N–H and O–H groups in total. The number of urea groups is 1. The van der Waals surface area contributed by atoms with Gasteiger partial charge in [0.25, 0.3) is 0 Å². The van der Waals surface area contributed by atoms with Crippen molar-refractivity contribution in [3.63, 3.8) is 0 Å². The molecule has 4 aromatic rings. The lowest BCUT2D eigenvalue weighted by molar-refractivity contribution is -0.139. The Bertz CT molecular complexity index is 1530. The molecule has 3 heterocycles. The summed E-state index contributed by atoms with van der Waals surface area (Å²) in [6, 6.07) is 19.9. The highest BCUT2D eigenvalue weighted by Gasteiger charge is 2.55. The fourth-order valence-electron chi connectivity index (χ4n) is 5.95. The van der Waals surface area contributed by atoms with Gasteiger partial charge in [-0.3, -0.25) is 4.79 Å². The van der Waals surface area contributed by atoms with E-state index in [0.717, 1.165) is 27.7 Å². The van der Waals surface area contributed by atoms with E-state index in [4.69, 9.17) is 4.74 Å². The average molecular weight is 529 g/mol. The van der Waals surface area contributed by atoms with Gasteiger partial charge in [-0.1, -0.05) is 30.3 Å². The maximum absolute atomic E-state index is 13.5. The van der Waals surface area contributed by atoms with Crippen LogP contribution in [0.15, 0.2) is 72.8 Å². The van der Waals surface area contributed by atoms with Crippen LogP contribution in [0, 0.1) is 5.82 Å². The van der Waals surface area contributed by atoms with Crippen molar-refractivity contribution in [2.45, 2.75) is 17.9 Å². The van der Waals surface area contributed by atoms with Crippen molar-refractivity contribution in [2.75, 3.05) is 38.7 Å². The van der Waals surface area contributed by atoms with E-state index in [0.29, 0.717) is 37.5 Å². The van der Waals surface area contributed by atoms with E-state index in [2.05, 4.69) is 10.3 Å². The minimum Gasteiger partial charge on any atom is -0.497 e. The molecule has 0 aliphatic carbocycles. The third-order valence-electron chi connectivity index (χ3n) is 7.81. The van der Waals surface area contributed by atoms with Gasteiger partial charge in [-0.25, -0.2) is 9.18 Å². The molecule has 3 aromatic carbocycles. The number of likely N-dealkylation sites (tertiary alicyclic amines) is 1. The third-order valence-corrected chi connectivity index (χ3v) is 7.81. The SMILES string of the molecule is COc1ccc2c3c([nH]c2c1)[C@H](CO)N(C(=O)Nc1ccc(F)cc1)CC31CN(C(=O)Cc2ccccc2)C1. The predicted molar refractivity (Wildman–Crippen MR) is 145 cm³/mol. The summed E-state index contributed by atoms with van der Waals surface area (Å²) in [6.45, 7) is 0.916. The highest BCUT2D eigenvalue weighted by Crippen LogP contribution is 2.48. The van der Waals surface area contributed by atoms with Crippen molar-refractivity contribution in [2.24, 2.45) is 0 Å². The number of methoxy groups -OCH3 is 1. The smallest absolute Gasteiger partial charge is 0.322 e. The maximum Gasteiger partial charge on any atom is 0.322 e. The molecule has 3 amide bonds. The molecule has 1 aromatic heterocycles. The van der Waals surface area contributed by atoms with Gasteiger partial charge >= 0.3 is 6.03 Å². The van der Waals surface area contributed by atoms with Gasteiger partial charge in [-0.15, -0.1) is 0 Å². The van der Waals surface area contributed by atoms with Gasteiger partial charge in [0.05, 0.1) is 31.6 Å². The minimum atomic E-state index is -0.626. The van der Waals surface area contributed by atoms with E-state index in [1.165, 1.54) is 24.3 Å². The number of carbonyl (C=O) groups excluding carboxylic acids is 2. The molecular weight excluding hydrogens is 499 g/mol. The van der Waals surface area contributed by atoms with Crippen molar-refractivity contribution < 1.29 is 23.8 Å². The number of nitrogens with one attached hydrogen (secondary N) is 2. The van der Waals surface area contributed by atoms with Gasteiger partial charge in [0.15, 0.2) is 0 Å². The van der Waals surface area contributed by atoms with Gasteiger partial charge < -0.3 is 29.9 Å². The Labute approximate surface area is 225 Å². The molecule has 0 bridgehead atoms. The zero-order valence-corrected chi connectivity index (χ0v) is 21.5. The number of hydrogen-bond acceptors (Lipinski definition) is 4. The number of ether oxygens (including phenoxy) is 1. The van der Waals surface area contributed by atoms with E-state index >= 15 is 0 Å². The molecule has 2 aliphatic rings. The molecule has 8 nitrogen and oxygen atoms in total. The molecule has 2 aliphatic heterocycles. The molecule has 6 rings (SSSR count). The van der Waals surface area contributed by atoms with Gasteiger partial charge in [0.1, 0.15) is 11.6 Å². The lowest BCUT2D eigenvalue weighted by atomic mass is 9.68. The number of halogens is 1. The molecular formula is C30H29FN4O4. The maximum atomic E-state index is 13.5. The Morgan fingerprint density at radius 3 is 2.51 bits per heavy atom. The summed E-state index contributed by atoms with van der Waals surface area (Å²) in [6.07, 6.45) is 0.308. The third kappa shape index (κ3) is 4.38. The zero-order chi connectivity index (χ0) is 27.1. The zero-order valence-electron chi connectivity index (χ0n) is 21.5. The quantitative estimate of drug-likeness (QED) is 0.361. The average Bonchev–Trinajstić information content (AvgIpc) is 3.31. The second-order valence-corrected chi connectivity index (χ2v) is 10.3. The molecule has 0 unspecified atom stereocenters. The van der Waals surface area contributed by atoms with Gasteiger partial charge in [0, 0.05) is 48.0 Å². The molecule has 200 valence electrons. The predicted octanol–water partition coefficient (Wildman–Crippen LogP) is 4.22. The summed E-state index contributed by atoms with van der Waals surface area (Å²) >= 11 is 0. The number of anilines is 1. The van der Waals surface area contributed by atoms with E-state index < -0.39 is 23.3 Å². The topological polar surface area (TPSA) is 97.9 Å². The summed E-state index contributed by atoms with van der Waals surface area (Å²) in [5.74, 6) is 0.322. The molecule has 1 spiro atoms. The standard InChI is InChI=1S/C30H29FN4O4/c1-39-22-11-12-23-24(14-22)33-28-25(15-36)35(29(38)32-21-9-7-20(31)8-10-21)18-30(27(23)28)16-34(17-30)26(37)13-19-5-3-2-4-6-19/h2-12,14,25,33,36H,13,15-18H2,1H3,(H,32,38)/t25-/m0/s1. The number of carbonyl (C=O) groups is 2. The van der Waals surface area contributed by atoms with Crippen molar-refractivity contribution in [1.29, 1.82) is 0 Å². The molecule has 39 heavy (non-hydrogen) atoms. The van der Waals surface area contributed by atoms with Crippen molar-refractivity contribution >= 4 is 28.5 Å². The first-order valence-electron chi connectivity index (χ1n) is 12.9. The van der Waals surface area contributed by atoms with E-state index in [1.807, 2.05) is 53.4 Å². The summed E-state index contributed by atoms with van der Waals surface area (Å²) in [5, 5.41) is 14.3. The Balaban J connectivity index is 1.35. The number of aliphatic hydroxyl groups excluding tert-OH is 1. The summed E-state index contributed by atoms with van der Waals surface area (Å²) in [5.41, 5.74) is 3.50. The first-order chi connectivity index (χ1) is 18.9. The first-order valence-corrected chi connectivity index (χ1v) is 12.9. The van der Waals surface area contributed by atoms with Crippen LogP contribution < -0.4 is 10.1 Å². The number of fused-ring (bicyclic) bond motifs is 4. The van der Waals surface area contributed by atoms with Crippen molar-refractivity contribution in [3.05, 3.63) is 95.4 Å². The number of aromatic amines is 1. The van der Waals surface area contributed by atoms with Crippen LogP contribution >= 0.6 is 0 Å². The summed E-state index contributed by atoms with van der Waals surface area (Å²) < 4.78 is 18.8. The molecule has 1 saturated heterocycles. The number of H-pyrrole nitrogens is 1. The number of aromatic nitrogens is 1. The summed E-state index contributed by atoms with van der Waals surface area (Å²) in [4.78, 5) is 33.6. The summed E-state index contributed by atoms with van der Waals surface area (Å²) in [7, 11) is 1.60. The van der Waals surface area contributed by atoms with Crippen LogP contribution in [0.1, 0.15) is 22.9 Å². The van der Waals surface area contributed by atoms with Crippen LogP contribution in [0.3, 0.4) is 0 Å². The number of amides is 3. The molecule has 9 heteroatoms. The minimum absolute atomic E-state index is 0.0291. The number of rotatable bonds is 5.